The monoisotopic (exact) mass is 349 g/mol. The summed E-state index contributed by atoms with van der Waals surface area (Å²) in [6, 6.07) is 9.04. The van der Waals surface area contributed by atoms with E-state index in [0.29, 0.717) is 0 Å². The highest BCUT2D eigenvalue weighted by Gasteiger charge is 2.14. The van der Waals surface area contributed by atoms with Gasteiger partial charge in [-0.15, -0.1) is 5.10 Å². The van der Waals surface area contributed by atoms with Gasteiger partial charge in [0.15, 0.2) is 23.2 Å². The summed E-state index contributed by atoms with van der Waals surface area (Å²) in [5.41, 5.74) is 0.329. The number of aromatic amines is 1. The zero-order chi connectivity index (χ0) is 17.1. The van der Waals surface area contributed by atoms with Crippen LogP contribution in [0.3, 0.4) is 0 Å². The smallest absolute Gasteiger partial charge is 0.209 e. The normalized spacial score (nSPS) is 10.8. The average Bonchev–Trinajstić information content (AvgIpc) is 3.04. The molecular formula is C16H10F3N3OS. The van der Waals surface area contributed by atoms with E-state index in [2.05, 4.69) is 15.2 Å². The molecule has 0 aliphatic carbocycles. The summed E-state index contributed by atoms with van der Waals surface area (Å²) in [6.45, 7) is 0. The molecule has 2 aromatic carbocycles. The molecule has 0 radical (unpaired) electrons. The van der Waals surface area contributed by atoms with E-state index in [-0.39, 0.29) is 27.9 Å². The van der Waals surface area contributed by atoms with Crippen LogP contribution in [0.15, 0.2) is 47.6 Å². The van der Waals surface area contributed by atoms with Crippen molar-refractivity contribution in [2.45, 2.75) is 5.16 Å². The molecule has 1 aromatic heterocycles. The lowest BCUT2D eigenvalue weighted by atomic mass is 10.1. The maximum absolute atomic E-state index is 13.7. The van der Waals surface area contributed by atoms with Gasteiger partial charge < -0.3 is 0 Å². The Morgan fingerprint density at radius 2 is 1.83 bits per heavy atom. The number of thioether (sulfide) groups is 1. The summed E-state index contributed by atoms with van der Waals surface area (Å²) in [7, 11) is 0. The second-order valence-corrected chi connectivity index (χ2v) is 5.73. The summed E-state index contributed by atoms with van der Waals surface area (Å²) in [5.74, 6) is -2.73. The molecule has 1 heterocycles. The van der Waals surface area contributed by atoms with Gasteiger partial charge in [0.25, 0.3) is 0 Å². The molecule has 0 amide bonds. The van der Waals surface area contributed by atoms with Gasteiger partial charge in [0.2, 0.25) is 5.16 Å². The van der Waals surface area contributed by atoms with Gasteiger partial charge in [0.05, 0.1) is 11.3 Å². The molecule has 3 rings (SSSR count). The fourth-order valence-electron chi connectivity index (χ4n) is 1.97. The van der Waals surface area contributed by atoms with Crippen LogP contribution in [0.5, 0.6) is 0 Å². The summed E-state index contributed by atoms with van der Waals surface area (Å²) >= 11 is 1.01. The lowest BCUT2D eigenvalue weighted by molar-refractivity contribution is 0.102. The molecule has 0 spiro atoms. The van der Waals surface area contributed by atoms with Crippen molar-refractivity contribution >= 4 is 17.5 Å². The van der Waals surface area contributed by atoms with E-state index >= 15 is 0 Å². The molecular weight excluding hydrogens is 339 g/mol. The number of carbonyl (C=O) groups is 1. The van der Waals surface area contributed by atoms with Crippen molar-refractivity contribution in [3.8, 4) is 11.4 Å². The summed E-state index contributed by atoms with van der Waals surface area (Å²) in [5, 5.41) is 6.76. The Balaban J connectivity index is 1.68. The molecule has 0 saturated carbocycles. The van der Waals surface area contributed by atoms with Crippen molar-refractivity contribution in [1.29, 1.82) is 0 Å². The Morgan fingerprint density at radius 3 is 2.58 bits per heavy atom. The first-order chi connectivity index (χ1) is 11.5. The van der Waals surface area contributed by atoms with Gasteiger partial charge in [-0.05, 0) is 30.3 Å². The Bertz CT molecular complexity index is 898. The fraction of sp³-hybridized carbons (Fsp3) is 0.0625. The van der Waals surface area contributed by atoms with Crippen molar-refractivity contribution in [2.24, 2.45) is 0 Å². The number of hydrogen-bond donors (Lipinski definition) is 1. The Kier molecular flexibility index (Phi) is 4.66. The van der Waals surface area contributed by atoms with Gasteiger partial charge in [0, 0.05) is 5.56 Å². The molecule has 0 bridgehead atoms. The zero-order valence-electron chi connectivity index (χ0n) is 12.1. The van der Waals surface area contributed by atoms with Gasteiger partial charge in [-0.2, -0.15) is 0 Å². The number of rotatable bonds is 5. The van der Waals surface area contributed by atoms with Crippen LogP contribution in [0.4, 0.5) is 13.2 Å². The molecule has 122 valence electrons. The maximum atomic E-state index is 13.7. The third-order valence-electron chi connectivity index (χ3n) is 3.17. The standard InChI is InChI=1S/C16H10F3N3OS/c17-11-4-2-1-3-10(11)15-20-16(22-21-15)24-8-14(23)9-5-6-12(18)13(19)7-9/h1-7H,8H2,(H,20,21,22). The number of benzene rings is 2. The summed E-state index contributed by atoms with van der Waals surface area (Å²) in [4.78, 5) is 16.1. The van der Waals surface area contributed by atoms with Crippen molar-refractivity contribution in [1.82, 2.24) is 15.2 Å². The SMILES string of the molecule is O=C(CSc1n[nH]c(-c2ccccc2F)n1)c1ccc(F)c(F)c1. The molecule has 0 aliphatic heterocycles. The van der Waals surface area contributed by atoms with E-state index in [0.717, 1.165) is 23.9 Å². The largest absolute Gasteiger partial charge is 0.293 e. The fourth-order valence-corrected chi connectivity index (χ4v) is 2.66. The quantitative estimate of drug-likeness (QED) is 0.561. The molecule has 8 heteroatoms. The van der Waals surface area contributed by atoms with E-state index in [9.17, 15) is 18.0 Å². The minimum Gasteiger partial charge on any atom is -0.293 e. The van der Waals surface area contributed by atoms with Crippen LogP contribution in [-0.2, 0) is 0 Å². The molecule has 24 heavy (non-hydrogen) atoms. The van der Waals surface area contributed by atoms with Crippen LogP contribution in [0.25, 0.3) is 11.4 Å². The number of H-pyrrole nitrogens is 1. The second kappa shape index (κ2) is 6.88. The van der Waals surface area contributed by atoms with Gasteiger partial charge >= 0.3 is 0 Å². The molecule has 4 nitrogen and oxygen atoms in total. The maximum Gasteiger partial charge on any atom is 0.209 e. The van der Waals surface area contributed by atoms with Gasteiger partial charge in [-0.3, -0.25) is 9.89 Å². The summed E-state index contributed by atoms with van der Waals surface area (Å²) < 4.78 is 39.7. The Morgan fingerprint density at radius 1 is 1.04 bits per heavy atom. The molecule has 0 unspecified atom stereocenters. The number of carbonyl (C=O) groups excluding carboxylic acids is 1. The predicted molar refractivity (Wildman–Crippen MR) is 83.2 cm³/mol. The second-order valence-electron chi connectivity index (χ2n) is 4.79. The first kappa shape index (κ1) is 16.3. The van der Waals surface area contributed by atoms with E-state index < -0.39 is 23.2 Å². The lowest BCUT2D eigenvalue weighted by Crippen LogP contribution is -2.03. The first-order valence-corrected chi connectivity index (χ1v) is 7.81. The van der Waals surface area contributed by atoms with Crippen molar-refractivity contribution in [2.75, 3.05) is 5.75 Å². The lowest BCUT2D eigenvalue weighted by Gasteiger charge is -2.00. The Hall–Kier alpha value is -2.61. The zero-order valence-corrected chi connectivity index (χ0v) is 12.9. The van der Waals surface area contributed by atoms with E-state index in [1.165, 1.54) is 12.1 Å². The van der Waals surface area contributed by atoms with Gasteiger partial charge in [-0.25, -0.2) is 18.2 Å². The van der Waals surface area contributed by atoms with E-state index in [1.54, 1.807) is 18.2 Å². The third kappa shape index (κ3) is 3.48. The van der Waals surface area contributed by atoms with Crippen LogP contribution >= 0.6 is 11.8 Å². The van der Waals surface area contributed by atoms with E-state index in [4.69, 9.17) is 0 Å². The van der Waals surface area contributed by atoms with Crippen LogP contribution < -0.4 is 0 Å². The highest BCUT2D eigenvalue weighted by Crippen LogP contribution is 2.22. The Labute approximate surface area is 139 Å². The van der Waals surface area contributed by atoms with Gasteiger partial charge in [-0.1, -0.05) is 23.9 Å². The number of halogens is 3. The average molecular weight is 349 g/mol. The van der Waals surface area contributed by atoms with Crippen molar-refractivity contribution < 1.29 is 18.0 Å². The molecule has 0 saturated heterocycles. The van der Waals surface area contributed by atoms with Gasteiger partial charge in [0.1, 0.15) is 5.82 Å². The van der Waals surface area contributed by atoms with Crippen LogP contribution in [-0.4, -0.2) is 26.7 Å². The predicted octanol–water partition coefficient (Wildman–Crippen LogP) is 3.86. The molecule has 0 aliphatic rings. The highest BCUT2D eigenvalue weighted by atomic mass is 32.2. The van der Waals surface area contributed by atoms with Crippen molar-refractivity contribution in [3.05, 3.63) is 65.5 Å². The molecule has 0 fully saturated rings. The first-order valence-electron chi connectivity index (χ1n) is 6.83. The number of aromatic nitrogens is 3. The number of nitrogens with one attached hydrogen (secondary N) is 1. The third-order valence-corrected chi connectivity index (χ3v) is 4.02. The van der Waals surface area contributed by atoms with Crippen LogP contribution in [0, 0.1) is 17.5 Å². The summed E-state index contributed by atoms with van der Waals surface area (Å²) in [6.07, 6.45) is 0. The topological polar surface area (TPSA) is 58.6 Å². The highest BCUT2D eigenvalue weighted by molar-refractivity contribution is 7.99. The van der Waals surface area contributed by atoms with Crippen LogP contribution in [0.2, 0.25) is 0 Å². The molecule has 1 N–H and O–H groups in total. The molecule has 0 atom stereocenters. The number of nitrogens with zero attached hydrogens (tertiary/aromatic N) is 2. The van der Waals surface area contributed by atoms with Crippen LogP contribution in [0.1, 0.15) is 10.4 Å². The number of Topliss-reactive ketones (excluding diaryl/α,β-unsaturated/α-hetero) is 1. The van der Waals surface area contributed by atoms with Crippen molar-refractivity contribution in [3.63, 3.8) is 0 Å². The minimum absolute atomic E-state index is 0.0559. The van der Waals surface area contributed by atoms with E-state index in [1.807, 2.05) is 0 Å². The molecule has 3 aromatic rings. The minimum atomic E-state index is -1.08. The number of hydrogen-bond acceptors (Lipinski definition) is 4. The number of ketones is 1.